The average molecular weight is 296 g/mol. The third kappa shape index (κ3) is 3.06. The lowest BCUT2D eigenvalue weighted by Crippen LogP contribution is -2.35. The normalized spacial score (nSPS) is 14.0. The van der Waals surface area contributed by atoms with Crippen LogP contribution in [0.3, 0.4) is 0 Å². The van der Waals surface area contributed by atoms with Crippen LogP contribution in [-0.4, -0.2) is 19.7 Å². The summed E-state index contributed by atoms with van der Waals surface area (Å²) in [6, 6.07) is 15.5. The molecule has 0 bridgehead atoms. The summed E-state index contributed by atoms with van der Waals surface area (Å²) in [6.45, 7) is 0.743. The molecule has 2 aromatic rings. The van der Waals surface area contributed by atoms with Crippen molar-refractivity contribution in [1.29, 1.82) is 0 Å². The first-order chi connectivity index (χ1) is 10.8. The molecular formula is C18H20N2O2. The van der Waals surface area contributed by atoms with E-state index in [1.807, 2.05) is 47.4 Å². The summed E-state index contributed by atoms with van der Waals surface area (Å²) in [6.07, 6.45) is 3.15. The van der Waals surface area contributed by atoms with E-state index >= 15 is 0 Å². The lowest BCUT2D eigenvalue weighted by molar-refractivity contribution is 0.257. The van der Waals surface area contributed by atoms with Crippen molar-refractivity contribution in [2.24, 2.45) is 0 Å². The summed E-state index contributed by atoms with van der Waals surface area (Å²) in [4.78, 5) is 14.5. The Hall–Kier alpha value is -2.49. The van der Waals surface area contributed by atoms with Crippen LogP contribution < -0.4 is 15.0 Å². The zero-order valence-corrected chi connectivity index (χ0v) is 12.7. The number of hydrogen-bond donors (Lipinski definition) is 1. The van der Waals surface area contributed by atoms with Gasteiger partial charge in [0, 0.05) is 24.0 Å². The fourth-order valence-electron chi connectivity index (χ4n) is 2.79. The molecular weight excluding hydrogens is 276 g/mol. The molecule has 0 radical (unpaired) electrons. The second kappa shape index (κ2) is 6.52. The number of aryl methyl sites for hydroxylation is 1. The Bertz CT molecular complexity index is 670. The van der Waals surface area contributed by atoms with Gasteiger partial charge in [-0.25, -0.2) is 4.79 Å². The summed E-state index contributed by atoms with van der Waals surface area (Å²) in [5.41, 5.74) is 2.99. The molecule has 1 aliphatic heterocycles. The molecule has 22 heavy (non-hydrogen) atoms. The predicted molar refractivity (Wildman–Crippen MR) is 88.7 cm³/mol. The van der Waals surface area contributed by atoms with Crippen LogP contribution in [0.1, 0.15) is 18.4 Å². The molecule has 3 rings (SSSR count). The van der Waals surface area contributed by atoms with Crippen molar-refractivity contribution in [3.05, 3.63) is 54.1 Å². The van der Waals surface area contributed by atoms with E-state index in [1.165, 1.54) is 5.56 Å². The fraction of sp³-hybridized carbons (Fsp3) is 0.278. The fourth-order valence-corrected chi connectivity index (χ4v) is 2.79. The van der Waals surface area contributed by atoms with Crippen LogP contribution in [0.25, 0.3) is 0 Å². The van der Waals surface area contributed by atoms with Gasteiger partial charge >= 0.3 is 6.03 Å². The Morgan fingerprint density at radius 3 is 2.86 bits per heavy atom. The molecule has 0 fully saturated rings. The second-order valence-electron chi connectivity index (χ2n) is 5.40. The van der Waals surface area contributed by atoms with E-state index in [0.717, 1.165) is 42.9 Å². The third-order valence-electron chi connectivity index (χ3n) is 3.93. The number of hydrogen-bond acceptors (Lipinski definition) is 2. The molecule has 0 saturated heterocycles. The first-order valence-corrected chi connectivity index (χ1v) is 7.58. The molecule has 1 heterocycles. The zero-order valence-electron chi connectivity index (χ0n) is 12.7. The van der Waals surface area contributed by atoms with Crippen molar-refractivity contribution >= 4 is 17.4 Å². The van der Waals surface area contributed by atoms with Gasteiger partial charge in [0.15, 0.2) is 0 Å². The molecule has 2 aromatic carbocycles. The number of anilines is 2. The molecule has 114 valence electrons. The van der Waals surface area contributed by atoms with Gasteiger partial charge in [0.1, 0.15) is 5.75 Å². The van der Waals surface area contributed by atoms with Crippen LogP contribution >= 0.6 is 0 Å². The number of amides is 2. The number of para-hydroxylation sites is 1. The maximum Gasteiger partial charge on any atom is 0.326 e. The number of ether oxygens (including phenoxy) is 1. The molecule has 1 aliphatic rings. The van der Waals surface area contributed by atoms with Crippen molar-refractivity contribution < 1.29 is 9.53 Å². The molecule has 0 unspecified atom stereocenters. The lowest BCUT2D eigenvalue weighted by Gasteiger charge is -2.23. The molecule has 0 saturated carbocycles. The van der Waals surface area contributed by atoms with Crippen LogP contribution in [0.15, 0.2) is 48.5 Å². The highest BCUT2D eigenvalue weighted by Crippen LogP contribution is 2.27. The monoisotopic (exact) mass is 296 g/mol. The van der Waals surface area contributed by atoms with E-state index < -0.39 is 0 Å². The number of carbonyl (C=O) groups excluding carboxylic acids is 1. The van der Waals surface area contributed by atoms with Crippen LogP contribution in [0.2, 0.25) is 0 Å². The third-order valence-corrected chi connectivity index (χ3v) is 3.93. The average Bonchev–Trinajstić information content (AvgIpc) is 2.77. The molecule has 0 atom stereocenters. The number of benzene rings is 2. The van der Waals surface area contributed by atoms with Gasteiger partial charge in [-0.1, -0.05) is 24.3 Å². The van der Waals surface area contributed by atoms with Crippen LogP contribution in [-0.2, 0) is 6.42 Å². The number of urea groups is 1. The van der Waals surface area contributed by atoms with Crippen molar-refractivity contribution in [1.82, 2.24) is 0 Å². The minimum Gasteiger partial charge on any atom is -0.497 e. The van der Waals surface area contributed by atoms with Gasteiger partial charge < -0.3 is 10.1 Å². The van der Waals surface area contributed by atoms with Gasteiger partial charge in [-0.2, -0.15) is 0 Å². The van der Waals surface area contributed by atoms with Crippen molar-refractivity contribution in [3.63, 3.8) is 0 Å². The first kappa shape index (κ1) is 14.4. The minimum atomic E-state index is -0.0948. The summed E-state index contributed by atoms with van der Waals surface area (Å²) in [7, 11) is 1.62. The molecule has 4 nitrogen and oxygen atoms in total. The smallest absolute Gasteiger partial charge is 0.326 e. The summed E-state index contributed by atoms with van der Waals surface area (Å²) < 4.78 is 5.19. The van der Waals surface area contributed by atoms with Gasteiger partial charge in [-0.3, -0.25) is 4.90 Å². The summed E-state index contributed by atoms with van der Waals surface area (Å²) >= 11 is 0. The van der Waals surface area contributed by atoms with Crippen LogP contribution in [0, 0.1) is 0 Å². The van der Waals surface area contributed by atoms with E-state index in [9.17, 15) is 4.79 Å². The Labute approximate surface area is 130 Å². The maximum absolute atomic E-state index is 12.7. The molecule has 0 aliphatic carbocycles. The van der Waals surface area contributed by atoms with E-state index in [0.29, 0.717) is 0 Å². The largest absolute Gasteiger partial charge is 0.497 e. The van der Waals surface area contributed by atoms with Crippen molar-refractivity contribution in [2.45, 2.75) is 19.3 Å². The standard InChI is InChI=1S/C18H20N2O2/c1-22-16-10-6-9-15(13-16)19-18(21)20-12-5-4-8-14-7-2-3-11-17(14)20/h2-3,6-7,9-11,13H,4-5,8,12H2,1H3,(H,19,21). The Kier molecular flexibility index (Phi) is 4.28. The van der Waals surface area contributed by atoms with E-state index in [4.69, 9.17) is 4.74 Å². The van der Waals surface area contributed by atoms with E-state index in [2.05, 4.69) is 11.4 Å². The highest BCUT2D eigenvalue weighted by Gasteiger charge is 2.20. The second-order valence-corrected chi connectivity index (χ2v) is 5.40. The highest BCUT2D eigenvalue weighted by atomic mass is 16.5. The molecule has 4 heteroatoms. The molecule has 1 N–H and O–H groups in total. The predicted octanol–water partition coefficient (Wildman–Crippen LogP) is 4.07. The van der Waals surface area contributed by atoms with Gasteiger partial charge in [-0.15, -0.1) is 0 Å². The van der Waals surface area contributed by atoms with Crippen LogP contribution in [0.4, 0.5) is 16.2 Å². The maximum atomic E-state index is 12.7. The molecule has 0 spiro atoms. The van der Waals surface area contributed by atoms with Gasteiger partial charge in [0.25, 0.3) is 0 Å². The summed E-state index contributed by atoms with van der Waals surface area (Å²) in [5.74, 6) is 0.731. The zero-order chi connectivity index (χ0) is 15.4. The SMILES string of the molecule is COc1cccc(NC(=O)N2CCCCc3ccccc32)c1. The number of nitrogens with one attached hydrogen (secondary N) is 1. The number of nitrogens with zero attached hydrogens (tertiary/aromatic N) is 1. The van der Waals surface area contributed by atoms with Gasteiger partial charge in [0.2, 0.25) is 0 Å². The van der Waals surface area contributed by atoms with Crippen LogP contribution in [0.5, 0.6) is 5.75 Å². The van der Waals surface area contributed by atoms with E-state index in [-0.39, 0.29) is 6.03 Å². The minimum absolute atomic E-state index is 0.0948. The van der Waals surface area contributed by atoms with Crippen molar-refractivity contribution in [3.8, 4) is 5.75 Å². The first-order valence-electron chi connectivity index (χ1n) is 7.58. The van der Waals surface area contributed by atoms with Crippen molar-refractivity contribution in [2.75, 3.05) is 23.9 Å². The Morgan fingerprint density at radius 1 is 1.14 bits per heavy atom. The van der Waals surface area contributed by atoms with Gasteiger partial charge in [-0.05, 0) is 43.0 Å². The quantitative estimate of drug-likeness (QED) is 0.907. The topological polar surface area (TPSA) is 41.6 Å². The number of rotatable bonds is 2. The Morgan fingerprint density at radius 2 is 2.00 bits per heavy atom. The van der Waals surface area contributed by atoms with E-state index in [1.54, 1.807) is 7.11 Å². The number of carbonyl (C=O) groups is 1. The highest BCUT2D eigenvalue weighted by molar-refractivity contribution is 6.02. The Balaban J connectivity index is 1.82. The lowest BCUT2D eigenvalue weighted by atomic mass is 10.1. The van der Waals surface area contributed by atoms with Gasteiger partial charge in [0.05, 0.1) is 7.11 Å². The number of fused-ring (bicyclic) bond motifs is 1. The summed E-state index contributed by atoms with van der Waals surface area (Å²) in [5, 5.41) is 2.96. The number of methoxy groups -OCH3 is 1. The molecule has 0 aromatic heterocycles. The molecule has 2 amide bonds.